The summed E-state index contributed by atoms with van der Waals surface area (Å²) in [6, 6.07) is 19.3. The van der Waals surface area contributed by atoms with Gasteiger partial charge in [0.15, 0.2) is 0 Å². The van der Waals surface area contributed by atoms with Crippen LogP contribution in [0.1, 0.15) is 36.6 Å². The van der Waals surface area contributed by atoms with E-state index in [-0.39, 0.29) is 29.7 Å². The highest BCUT2D eigenvalue weighted by Gasteiger charge is 2.42. The summed E-state index contributed by atoms with van der Waals surface area (Å²) in [7, 11) is 1.63. The minimum absolute atomic E-state index is 0.0335. The van der Waals surface area contributed by atoms with Crippen LogP contribution in [0.4, 0.5) is 0 Å². The van der Waals surface area contributed by atoms with Gasteiger partial charge in [0, 0.05) is 31.0 Å². The molecule has 1 aliphatic rings. The lowest BCUT2D eigenvalue weighted by Crippen LogP contribution is -2.37. The number of rotatable bonds is 7. The number of aromatic nitrogens is 2. The van der Waals surface area contributed by atoms with Gasteiger partial charge in [0.1, 0.15) is 0 Å². The Morgan fingerprint density at radius 1 is 1.03 bits per heavy atom. The van der Waals surface area contributed by atoms with Crippen LogP contribution in [0, 0.1) is 5.92 Å². The molecule has 1 heterocycles. The van der Waals surface area contributed by atoms with Crippen molar-refractivity contribution >= 4 is 11.8 Å². The third-order valence-electron chi connectivity index (χ3n) is 5.80. The number of aryl methyl sites for hydroxylation is 1. The lowest BCUT2D eigenvalue weighted by atomic mass is 10.0. The minimum atomic E-state index is -0.227. The number of benzene rings is 2. The first-order valence-corrected chi connectivity index (χ1v) is 10.6. The summed E-state index contributed by atoms with van der Waals surface area (Å²) in [5.41, 5.74) is 1.98. The molecule has 160 valence electrons. The van der Waals surface area contributed by atoms with Crippen molar-refractivity contribution in [3.8, 4) is 11.4 Å². The first kappa shape index (κ1) is 20.8. The number of hydrogen-bond donors (Lipinski definition) is 2. The van der Waals surface area contributed by atoms with Gasteiger partial charge in [-0.3, -0.25) is 9.59 Å². The molecule has 31 heavy (non-hydrogen) atoms. The second-order valence-corrected chi connectivity index (χ2v) is 7.87. The Kier molecular flexibility index (Phi) is 6.40. The summed E-state index contributed by atoms with van der Waals surface area (Å²) in [5.74, 6) is 0.481. The third kappa shape index (κ3) is 4.99. The summed E-state index contributed by atoms with van der Waals surface area (Å²) in [6.45, 7) is 0. The first-order chi connectivity index (χ1) is 15.1. The highest BCUT2D eigenvalue weighted by atomic mass is 16.5. The Hall–Kier alpha value is -3.48. The van der Waals surface area contributed by atoms with E-state index in [0.717, 1.165) is 11.1 Å². The SMILES string of the molecule is CNC(=O)[C@H]1C[C@H](NC(=O)CCc2ccccc2)[C@H](c2nc(-c3ccccc3)no2)C1. The molecular weight excluding hydrogens is 392 g/mol. The quantitative estimate of drug-likeness (QED) is 0.615. The third-order valence-corrected chi connectivity index (χ3v) is 5.80. The van der Waals surface area contributed by atoms with Gasteiger partial charge in [0.2, 0.25) is 23.5 Å². The van der Waals surface area contributed by atoms with Crippen molar-refractivity contribution in [2.24, 2.45) is 5.92 Å². The highest BCUT2D eigenvalue weighted by Crippen LogP contribution is 2.38. The van der Waals surface area contributed by atoms with Crippen LogP contribution < -0.4 is 10.6 Å². The Balaban J connectivity index is 1.47. The zero-order valence-electron chi connectivity index (χ0n) is 17.5. The Morgan fingerprint density at radius 2 is 1.74 bits per heavy atom. The van der Waals surface area contributed by atoms with Crippen molar-refractivity contribution in [1.29, 1.82) is 0 Å². The molecule has 0 unspecified atom stereocenters. The summed E-state index contributed by atoms with van der Waals surface area (Å²) in [4.78, 5) is 29.5. The molecule has 2 amide bonds. The fourth-order valence-corrected chi connectivity index (χ4v) is 4.16. The molecule has 0 radical (unpaired) electrons. The molecule has 2 N–H and O–H groups in total. The smallest absolute Gasteiger partial charge is 0.232 e. The number of nitrogens with one attached hydrogen (secondary N) is 2. The summed E-state index contributed by atoms with van der Waals surface area (Å²) in [5, 5.41) is 9.93. The van der Waals surface area contributed by atoms with Crippen molar-refractivity contribution in [3.63, 3.8) is 0 Å². The van der Waals surface area contributed by atoms with E-state index in [4.69, 9.17) is 4.52 Å². The van der Waals surface area contributed by atoms with Gasteiger partial charge in [-0.2, -0.15) is 4.98 Å². The second-order valence-electron chi connectivity index (χ2n) is 7.87. The molecule has 3 aromatic rings. The predicted octanol–water partition coefficient (Wildman–Crippen LogP) is 3.09. The van der Waals surface area contributed by atoms with Crippen LogP contribution in [0.3, 0.4) is 0 Å². The topological polar surface area (TPSA) is 97.1 Å². The van der Waals surface area contributed by atoms with E-state index in [1.165, 1.54) is 0 Å². The molecule has 7 heteroatoms. The van der Waals surface area contributed by atoms with Crippen LogP contribution in [0.2, 0.25) is 0 Å². The number of amides is 2. The summed E-state index contributed by atoms with van der Waals surface area (Å²) in [6.07, 6.45) is 2.16. The molecule has 7 nitrogen and oxygen atoms in total. The van der Waals surface area contributed by atoms with E-state index in [2.05, 4.69) is 20.8 Å². The van der Waals surface area contributed by atoms with Gasteiger partial charge in [-0.1, -0.05) is 65.8 Å². The standard InChI is InChI=1S/C24H26N4O3/c1-25-23(30)18-14-19(24-27-22(28-31-24)17-10-6-3-7-11-17)20(15-18)26-21(29)13-12-16-8-4-2-5-9-16/h2-11,18-20H,12-15H2,1H3,(H,25,30)(H,26,29)/t18-,19-,20+/m1/s1. The molecule has 1 fully saturated rings. The second kappa shape index (κ2) is 9.55. The Labute approximate surface area is 181 Å². The maximum Gasteiger partial charge on any atom is 0.232 e. The average molecular weight is 418 g/mol. The average Bonchev–Trinajstić information content (AvgIpc) is 3.46. The minimum Gasteiger partial charge on any atom is -0.359 e. The fourth-order valence-electron chi connectivity index (χ4n) is 4.16. The van der Waals surface area contributed by atoms with Gasteiger partial charge < -0.3 is 15.2 Å². The van der Waals surface area contributed by atoms with E-state index in [1.807, 2.05) is 60.7 Å². The van der Waals surface area contributed by atoms with Crippen LogP contribution >= 0.6 is 0 Å². The lowest BCUT2D eigenvalue weighted by Gasteiger charge is -2.18. The molecule has 1 aromatic heterocycles. The maximum absolute atomic E-state index is 12.6. The van der Waals surface area contributed by atoms with Crippen molar-refractivity contribution < 1.29 is 14.1 Å². The Morgan fingerprint density at radius 3 is 2.45 bits per heavy atom. The Bertz CT molecular complexity index is 1020. The molecule has 0 bridgehead atoms. The molecule has 1 saturated carbocycles. The van der Waals surface area contributed by atoms with Crippen molar-refractivity contribution in [1.82, 2.24) is 20.8 Å². The molecule has 3 atom stereocenters. The van der Waals surface area contributed by atoms with Gasteiger partial charge in [0.05, 0.1) is 5.92 Å². The van der Waals surface area contributed by atoms with E-state index < -0.39 is 0 Å². The molecule has 2 aromatic carbocycles. The zero-order valence-corrected chi connectivity index (χ0v) is 17.5. The number of nitrogens with zero attached hydrogens (tertiary/aromatic N) is 2. The van der Waals surface area contributed by atoms with E-state index in [1.54, 1.807) is 7.05 Å². The zero-order chi connectivity index (χ0) is 21.6. The molecule has 0 spiro atoms. The molecule has 4 rings (SSSR count). The monoisotopic (exact) mass is 418 g/mol. The number of carbonyl (C=O) groups excluding carboxylic acids is 2. The van der Waals surface area contributed by atoms with Gasteiger partial charge in [-0.25, -0.2) is 0 Å². The van der Waals surface area contributed by atoms with Crippen LogP contribution in [0.15, 0.2) is 65.2 Å². The maximum atomic E-state index is 12.6. The largest absolute Gasteiger partial charge is 0.359 e. The van der Waals surface area contributed by atoms with E-state index >= 15 is 0 Å². The van der Waals surface area contributed by atoms with Crippen LogP contribution in [0.25, 0.3) is 11.4 Å². The van der Waals surface area contributed by atoms with E-state index in [9.17, 15) is 9.59 Å². The van der Waals surface area contributed by atoms with Gasteiger partial charge in [0.25, 0.3) is 0 Å². The number of carbonyl (C=O) groups is 2. The van der Waals surface area contributed by atoms with Crippen LogP contribution in [-0.2, 0) is 16.0 Å². The number of hydrogen-bond acceptors (Lipinski definition) is 5. The molecule has 1 aliphatic carbocycles. The van der Waals surface area contributed by atoms with E-state index in [0.29, 0.717) is 37.4 Å². The van der Waals surface area contributed by atoms with Gasteiger partial charge in [-0.15, -0.1) is 0 Å². The summed E-state index contributed by atoms with van der Waals surface area (Å²) >= 11 is 0. The first-order valence-electron chi connectivity index (χ1n) is 10.6. The molecule has 0 saturated heterocycles. The molecular formula is C24H26N4O3. The fraction of sp³-hybridized carbons (Fsp3) is 0.333. The molecule has 0 aliphatic heterocycles. The van der Waals surface area contributed by atoms with Crippen LogP contribution in [-0.4, -0.2) is 35.0 Å². The highest BCUT2D eigenvalue weighted by molar-refractivity contribution is 5.80. The van der Waals surface area contributed by atoms with Crippen LogP contribution in [0.5, 0.6) is 0 Å². The predicted molar refractivity (Wildman–Crippen MR) is 116 cm³/mol. The summed E-state index contributed by atoms with van der Waals surface area (Å²) < 4.78 is 5.56. The van der Waals surface area contributed by atoms with Gasteiger partial charge in [-0.05, 0) is 24.8 Å². The van der Waals surface area contributed by atoms with Crippen molar-refractivity contribution in [3.05, 3.63) is 72.1 Å². The van der Waals surface area contributed by atoms with Crippen molar-refractivity contribution in [2.45, 2.75) is 37.6 Å². The normalized spacial score (nSPS) is 20.4. The lowest BCUT2D eigenvalue weighted by molar-refractivity contribution is -0.125. The van der Waals surface area contributed by atoms with Gasteiger partial charge >= 0.3 is 0 Å². The van der Waals surface area contributed by atoms with Crippen molar-refractivity contribution in [2.75, 3.05) is 7.05 Å².